The number of hydrogen-bond donors (Lipinski definition) is 0. The van der Waals surface area contributed by atoms with Crippen LogP contribution < -0.4 is 14.2 Å². The van der Waals surface area contributed by atoms with E-state index in [1.807, 2.05) is 42.5 Å². The Hall–Kier alpha value is -2.24. The van der Waals surface area contributed by atoms with Crippen LogP contribution in [0.15, 0.2) is 36.4 Å². The average molecular weight is 346 g/mol. The molecule has 0 radical (unpaired) electrons. The first-order chi connectivity index (χ1) is 11.2. The molecule has 4 rings (SSSR count). The van der Waals surface area contributed by atoms with Crippen LogP contribution in [0.4, 0.5) is 0 Å². The normalized spacial score (nSPS) is 13.6. The van der Waals surface area contributed by atoms with Gasteiger partial charge in [-0.3, -0.25) is 0 Å². The molecule has 2 heterocycles. The van der Waals surface area contributed by atoms with Gasteiger partial charge in [-0.2, -0.15) is 0 Å². The summed E-state index contributed by atoms with van der Waals surface area (Å²) < 4.78 is 17.3. The van der Waals surface area contributed by atoms with E-state index in [1.54, 1.807) is 18.4 Å². The Morgan fingerprint density at radius 3 is 3.00 bits per heavy atom. The fourth-order valence-electron chi connectivity index (χ4n) is 2.42. The first kappa shape index (κ1) is 14.4. The summed E-state index contributed by atoms with van der Waals surface area (Å²) in [5, 5.41) is 1.36. The van der Waals surface area contributed by atoms with Crippen molar-refractivity contribution in [3.8, 4) is 17.2 Å². The molecule has 0 spiro atoms. The Morgan fingerprint density at radius 2 is 2.17 bits per heavy atom. The van der Waals surface area contributed by atoms with E-state index in [4.69, 9.17) is 25.8 Å². The number of benzene rings is 2. The fourth-order valence-corrected chi connectivity index (χ4v) is 3.57. The van der Waals surface area contributed by atoms with E-state index < -0.39 is 0 Å². The number of para-hydroxylation sites is 1. The maximum atomic E-state index is 6.45. The quantitative estimate of drug-likeness (QED) is 0.685. The molecule has 0 unspecified atom stereocenters. The molecule has 0 saturated heterocycles. The Balaban J connectivity index is 1.74. The number of hydrogen-bond acceptors (Lipinski definition) is 5. The van der Waals surface area contributed by atoms with Gasteiger partial charge in [0, 0.05) is 0 Å². The fraction of sp³-hybridized carbons (Fsp3) is 0.118. The number of thiazole rings is 1. The van der Waals surface area contributed by atoms with Crippen molar-refractivity contribution in [1.82, 2.24) is 4.98 Å². The highest BCUT2D eigenvalue weighted by Crippen LogP contribution is 2.42. The number of ether oxygens (including phenoxy) is 3. The molecule has 0 fully saturated rings. The van der Waals surface area contributed by atoms with Crippen LogP contribution in [0, 0.1) is 0 Å². The van der Waals surface area contributed by atoms with Gasteiger partial charge in [0.2, 0.25) is 12.5 Å². The highest BCUT2D eigenvalue weighted by Gasteiger charge is 2.20. The summed E-state index contributed by atoms with van der Waals surface area (Å²) in [6, 6.07) is 11.7. The molecule has 0 atom stereocenters. The molecule has 4 nitrogen and oxygen atoms in total. The molecule has 3 aromatic rings. The third-order valence-electron chi connectivity index (χ3n) is 3.47. The lowest BCUT2D eigenvalue weighted by Crippen LogP contribution is -1.93. The average Bonchev–Trinajstić information content (AvgIpc) is 3.20. The second-order valence-corrected chi connectivity index (χ2v) is 6.37. The summed E-state index contributed by atoms with van der Waals surface area (Å²) in [6.45, 7) is 0.199. The van der Waals surface area contributed by atoms with Crippen LogP contribution in [0.25, 0.3) is 21.3 Å². The lowest BCUT2D eigenvalue weighted by molar-refractivity contribution is 0.171. The van der Waals surface area contributed by atoms with Gasteiger partial charge in [-0.1, -0.05) is 23.7 Å². The zero-order valence-corrected chi connectivity index (χ0v) is 13.8. The predicted molar refractivity (Wildman–Crippen MR) is 92.5 cm³/mol. The highest BCUT2D eigenvalue weighted by atomic mass is 35.5. The van der Waals surface area contributed by atoms with Gasteiger partial charge in [-0.15, -0.1) is 11.3 Å². The van der Waals surface area contributed by atoms with Crippen molar-refractivity contribution in [2.75, 3.05) is 13.9 Å². The minimum atomic E-state index is 0.199. The van der Waals surface area contributed by atoms with Crippen molar-refractivity contribution in [2.24, 2.45) is 0 Å². The van der Waals surface area contributed by atoms with Gasteiger partial charge in [0.05, 0.1) is 22.4 Å². The molecule has 0 bridgehead atoms. The van der Waals surface area contributed by atoms with Gasteiger partial charge < -0.3 is 14.2 Å². The second-order valence-electron chi connectivity index (χ2n) is 4.94. The van der Waals surface area contributed by atoms with Gasteiger partial charge >= 0.3 is 0 Å². The third kappa shape index (κ3) is 2.62. The number of nitrogens with zero attached hydrogens (tertiary/aromatic N) is 1. The molecule has 0 aliphatic carbocycles. The van der Waals surface area contributed by atoms with E-state index in [0.717, 1.165) is 20.8 Å². The van der Waals surface area contributed by atoms with Gasteiger partial charge in [0.25, 0.3) is 0 Å². The number of fused-ring (bicyclic) bond motifs is 2. The molecule has 23 heavy (non-hydrogen) atoms. The number of aromatic nitrogens is 1. The Labute approximate surface area is 141 Å². The predicted octanol–water partition coefficient (Wildman–Crippen LogP) is 4.77. The van der Waals surface area contributed by atoms with E-state index in [2.05, 4.69) is 4.98 Å². The number of halogens is 1. The van der Waals surface area contributed by atoms with E-state index in [-0.39, 0.29) is 6.79 Å². The summed E-state index contributed by atoms with van der Waals surface area (Å²) in [7, 11) is 1.60. The van der Waals surface area contributed by atoms with Crippen LogP contribution in [0.1, 0.15) is 10.6 Å². The Morgan fingerprint density at radius 1 is 1.30 bits per heavy atom. The number of methoxy groups -OCH3 is 1. The van der Waals surface area contributed by atoms with Crippen LogP contribution in [0.2, 0.25) is 0 Å². The van der Waals surface area contributed by atoms with Crippen LogP contribution in [-0.2, 0) is 0 Å². The largest absolute Gasteiger partial charge is 0.493 e. The molecule has 2 aromatic carbocycles. The van der Waals surface area contributed by atoms with Gasteiger partial charge in [0.15, 0.2) is 11.5 Å². The van der Waals surface area contributed by atoms with Crippen molar-refractivity contribution >= 4 is 44.3 Å². The molecule has 116 valence electrons. The SMILES string of the molecule is COc1cc(/C=C(\Cl)c2nc3ccccc3s2)cc2c1OCO2. The maximum absolute atomic E-state index is 6.45. The van der Waals surface area contributed by atoms with Crippen molar-refractivity contribution in [2.45, 2.75) is 0 Å². The minimum absolute atomic E-state index is 0.199. The summed E-state index contributed by atoms with van der Waals surface area (Å²) in [6.07, 6.45) is 1.85. The zero-order chi connectivity index (χ0) is 15.8. The van der Waals surface area contributed by atoms with E-state index >= 15 is 0 Å². The molecule has 1 aromatic heterocycles. The summed E-state index contributed by atoms with van der Waals surface area (Å²) in [4.78, 5) is 4.55. The van der Waals surface area contributed by atoms with E-state index in [9.17, 15) is 0 Å². The lowest BCUT2D eigenvalue weighted by atomic mass is 10.1. The molecule has 0 amide bonds. The number of rotatable bonds is 3. The highest BCUT2D eigenvalue weighted by molar-refractivity contribution is 7.20. The van der Waals surface area contributed by atoms with Gasteiger partial charge in [0.1, 0.15) is 5.01 Å². The molecule has 1 aliphatic heterocycles. The second kappa shape index (κ2) is 5.76. The van der Waals surface area contributed by atoms with Crippen molar-refractivity contribution in [1.29, 1.82) is 0 Å². The monoisotopic (exact) mass is 345 g/mol. The molecular weight excluding hydrogens is 334 g/mol. The van der Waals surface area contributed by atoms with Crippen molar-refractivity contribution < 1.29 is 14.2 Å². The Bertz CT molecular complexity index is 886. The maximum Gasteiger partial charge on any atom is 0.231 e. The molecule has 0 N–H and O–H groups in total. The Kier molecular flexibility index (Phi) is 3.59. The van der Waals surface area contributed by atoms with Crippen molar-refractivity contribution in [3.05, 3.63) is 47.0 Å². The third-order valence-corrected chi connectivity index (χ3v) is 4.94. The van der Waals surface area contributed by atoms with Crippen molar-refractivity contribution in [3.63, 3.8) is 0 Å². The van der Waals surface area contributed by atoms with E-state index in [0.29, 0.717) is 22.3 Å². The standard InChI is InChI=1S/C17H12ClNO3S/c1-20-13-7-10(8-14-16(13)22-9-21-14)6-11(18)17-19-12-4-2-3-5-15(12)23-17/h2-8H,9H2,1H3/b11-6-. The minimum Gasteiger partial charge on any atom is -0.493 e. The lowest BCUT2D eigenvalue weighted by Gasteiger charge is -2.06. The molecule has 1 aliphatic rings. The summed E-state index contributed by atoms with van der Waals surface area (Å²) in [5.74, 6) is 1.91. The van der Waals surface area contributed by atoms with Gasteiger partial charge in [-0.05, 0) is 35.9 Å². The molecular formula is C17H12ClNO3S. The first-order valence-electron chi connectivity index (χ1n) is 6.95. The van der Waals surface area contributed by atoms with Crippen LogP contribution in [0.5, 0.6) is 17.2 Å². The first-order valence-corrected chi connectivity index (χ1v) is 8.15. The van der Waals surface area contributed by atoms with Crippen LogP contribution in [0.3, 0.4) is 0 Å². The molecule has 6 heteroatoms. The topological polar surface area (TPSA) is 40.6 Å². The van der Waals surface area contributed by atoms with Gasteiger partial charge in [-0.25, -0.2) is 4.98 Å². The van der Waals surface area contributed by atoms with Crippen LogP contribution >= 0.6 is 22.9 Å². The summed E-state index contributed by atoms with van der Waals surface area (Å²) >= 11 is 8.02. The zero-order valence-electron chi connectivity index (χ0n) is 12.2. The smallest absolute Gasteiger partial charge is 0.231 e. The molecule has 0 saturated carbocycles. The van der Waals surface area contributed by atoms with E-state index in [1.165, 1.54) is 0 Å². The summed E-state index contributed by atoms with van der Waals surface area (Å²) in [5.41, 5.74) is 1.82. The van der Waals surface area contributed by atoms with Crippen LogP contribution in [-0.4, -0.2) is 18.9 Å².